The number of carbonyl (C=O) groups is 2. The predicted octanol–water partition coefficient (Wildman–Crippen LogP) is 1.52. The average Bonchev–Trinajstić information content (AvgIpc) is 2.66. The number of aliphatic hydroxyl groups excluding tert-OH is 1. The van der Waals surface area contributed by atoms with Crippen molar-refractivity contribution in [1.82, 2.24) is 10.8 Å². The highest BCUT2D eigenvalue weighted by Gasteiger charge is 2.20. The molecule has 3 N–H and O–H groups in total. The molecule has 2 aromatic rings. The number of hydroxylamine groups is 1. The summed E-state index contributed by atoms with van der Waals surface area (Å²) in [5.41, 5.74) is 3.88. The molecule has 0 fully saturated rings. The van der Waals surface area contributed by atoms with Crippen LogP contribution in [-0.4, -0.2) is 29.8 Å². The maximum atomic E-state index is 11.9. The Morgan fingerprint density at radius 3 is 2.04 bits per heavy atom. The maximum Gasteiger partial charge on any atom is 0.408 e. The molecule has 2 rings (SSSR count). The Morgan fingerprint density at radius 1 is 0.920 bits per heavy atom. The summed E-state index contributed by atoms with van der Waals surface area (Å²) >= 11 is 0. The monoisotopic (exact) mass is 344 g/mol. The molecule has 0 saturated carbocycles. The van der Waals surface area contributed by atoms with Gasteiger partial charge in [0.2, 0.25) is 0 Å². The Bertz CT molecular complexity index is 664. The van der Waals surface area contributed by atoms with E-state index in [1.165, 1.54) is 0 Å². The van der Waals surface area contributed by atoms with Crippen LogP contribution in [0.25, 0.3) is 0 Å². The number of nitrogens with one attached hydrogen (secondary N) is 2. The molecule has 132 valence electrons. The summed E-state index contributed by atoms with van der Waals surface area (Å²) in [5, 5.41) is 11.5. The van der Waals surface area contributed by atoms with Crippen LogP contribution < -0.4 is 10.8 Å². The summed E-state index contributed by atoms with van der Waals surface area (Å²) in [6.07, 6.45) is -0.805. The van der Waals surface area contributed by atoms with E-state index in [9.17, 15) is 14.7 Å². The highest BCUT2D eigenvalue weighted by atomic mass is 16.7. The lowest BCUT2D eigenvalue weighted by Crippen LogP contribution is -2.48. The Hall–Kier alpha value is -2.90. The topological polar surface area (TPSA) is 96.9 Å². The van der Waals surface area contributed by atoms with Gasteiger partial charge in [0.25, 0.3) is 5.91 Å². The molecule has 0 aliphatic carbocycles. The van der Waals surface area contributed by atoms with Gasteiger partial charge in [-0.25, -0.2) is 10.3 Å². The first-order chi connectivity index (χ1) is 12.2. The minimum Gasteiger partial charge on any atom is -0.445 e. The van der Waals surface area contributed by atoms with Gasteiger partial charge in [0.15, 0.2) is 0 Å². The standard InChI is InChI=1S/C18H20N2O5/c21-11-16(17(22)20-25-13-15-9-5-2-6-10-15)19-18(23)24-12-14-7-3-1-4-8-14/h1-10,16,21H,11-13H2,(H,19,23)(H,20,22)/t16-/m0/s1. The Balaban J connectivity index is 1.72. The van der Waals surface area contributed by atoms with Crippen LogP contribution >= 0.6 is 0 Å². The van der Waals surface area contributed by atoms with E-state index in [0.29, 0.717) is 0 Å². The Morgan fingerprint density at radius 2 is 1.48 bits per heavy atom. The van der Waals surface area contributed by atoms with Gasteiger partial charge in [-0.1, -0.05) is 60.7 Å². The number of carbonyl (C=O) groups excluding carboxylic acids is 2. The number of benzene rings is 2. The second kappa shape index (κ2) is 10.1. The molecule has 2 amide bonds. The highest BCUT2D eigenvalue weighted by molar-refractivity contribution is 5.84. The number of hydrogen-bond acceptors (Lipinski definition) is 5. The van der Waals surface area contributed by atoms with Crippen LogP contribution in [0.3, 0.4) is 0 Å². The number of ether oxygens (including phenoxy) is 1. The zero-order valence-electron chi connectivity index (χ0n) is 13.6. The summed E-state index contributed by atoms with van der Waals surface area (Å²) in [4.78, 5) is 28.7. The second-order valence-electron chi connectivity index (χ2n) is 5.18. The Labute approximate surface area is 145 Å². The summed E-state index contributed by atoms with van der Waals surface area (Å²) < 4.78 is 5.00. The zero-order valence-corrected chi connectivity index (χ0v) is 13.6. The molecular formula is C18H20N2O5. The van der Waals surface area contributed by atoms with Crippen molar-refractivity contribution >= 4 is 12.0 Å². The van der Waals surface area contributed by atoms with Crippen molar-refractivity contribution in [3.05, 3.63) is 71.8 Å². The molecule has 0 spiro atoms. The second-order valence-corrected chi connectivity index (χ2v) is 5.18. The average molecular weight is 344 g/mol. The number of aliphatic hydroxyl groups is 1. The largest absolute Gasteiger partial charge is 0.445 e. The molecule has 0 unspecified atom stereocenters. The first-order valence-corrected chi connectivity index (χ1v) is 7.72. The highest BCUT2D eigenvalue weighted by Crippen LogP contribution is 2.01. The van der Waals surface area contributed by atoms with Crippen molar-refractivity contribution < 1.29 is 24.3 Å². The van der Waals surface area contributed by atoms with Crippen LogP contribution in [-0.2, 0) is 27.6 Å². The van der Waals surface area contributed by atoms with Gasteiger partial charge in [-0.05, 0) is 11.1 Å². The van der Waals surface area contributed by atoms with Crippen molar-refractivity contribution in [3.8, 4) is 0 Å². The molecule has 7 heteroatoms. The quantitative estimate of drug-likeness (QED) is 0.631. The van der Waals surface area contributed by atoms with Gasteiger partial charge >= 0.3 is 6.09 Å². The minimum atomic E-state index is -1.17. The molecule has 0 aromatic heterocycles. The molecule has 0 heterocycles. The molecule has 0 radical (unpaired) electrons. The fourth-order valence-electron chi connectivity index (χ4n) is 1.94. The molecule has 0 aliphatic heterocycles. The van der Waals surface area contributed by atoms with Crippen molar-refractivity contribution in [1.29, 1.82) is 0 Å². The number of amides is 2. The van der Waals surface area contributed by atoms with E-state index in [2.05, 4.69) is 10.8 Å². The van der Waals surface area contributed by atoms with E-state index in [1.807, 2.05) is 48.5 Å². The van der Waals surface area contributed by atoms with Gasteiger partial charge in [-0.3, -0.25) is 9.63 Å². The molecule has 1 atom stereocenters. The third kappa shape index (κ3) is 6.62. The third-order valence-electron chi connectivity index (χ3n) is 3.26. The summed E-state index contributed by atoms with van der Waals surface area (Å²) in [6.45, 7) is -0.346. The number of hydrogen-bond donors (Lipinski definition) is 3. The lowest BCUT2D eigenvalue weighted by molar-refractivity contribution is -0.137. The van der Waals surface area contributed by atoms with Crippen molar-refractivity contribution in [2.45, 2.75) is 19.3 Å². The van der Waals surface area contributed by atoms with Crippen LogP contribution in [0.1, 0.15) is 11.1 Å². The minimum absolute atomic E-state index is 0.0664. The molecule has 25 heavy (non-hydrogen) atoms. The van der Waals surface area contributed by atoms with E-state index < -0.39 is 24.6 Å². The van der Waals surface area contributed by atoms with E-state index in [-0.39, 0.29) is 13.2 Å². The number of alkyl carbamates (subject to hydrolysis) is 1. The molecule has 2 aromatic carbocycles. The SMILES string of the molecule is O=C(N[C@@H](CO)C(=O)NOCc1ccccc1)OCc1ccccc1. The van der Waals surface area contributed by atoms with Gasteiger partial charge in [0.1, 0.15) is 12.6 Å². The first-order valence-electron chi connectivity index (χ1n) is 7.72. The maximum absolute atomic E-state index is 11.9. The summed E-state index contributed by atoms with van der Waals surface area (Å²) in [6, 6.07) is 17.2. The molecular weight excluding hydrogens is 324 g/mol. The fraction of sp³-hybridized carbons (Fsp3) is 0.222. The normalized spacial score (nSPS) is 11.4. The van der Waals surface area contributed by atoms with Gasteiger partial charge in [0, 0.05) is 0 Å². The van der Waals surface area contributed by atoms with E-state index in [4.69, 9.17) is 9.57 Å². The predicted molar refractivity (Wildman–Crippen MR) is 90.0 cm³/mol. The van der Waals surface area contributed by atoms with Crippen LogP contribution in [0.15, 0.2) is 60.7 Å². The van der Waals surface area contributed by atoms with Gasteiger partial charge in [-0.15, -0.1) is 0 Å². The van der Waals surface area contributed by atoms with E-state index >= 15 is 0 Å². The van der Waals surface area contributed by atoms with Crippen LogP contribution in [0.5, 0.6) is 0 Å². The molecule has 7 nitrogen and oxygen atoms in total. The van der Waals surface area contributed by atoms with Gasteiger partial charge < -0.3 is 15.2 Å². The fourth-order valence-corrected chi connectivity index (χ4v) is 1.94. The molecule has 0 aliphatic rings. The molecule has 0 saturated heterocycles. The van der Waals surface area contributed by atoms with Crippen LogP contribution in [0.2, 0.25) is 0 Å². The van der Waals surface area contributed by atoms with E-state index in [1.54, 1.807) is 12.1 Å². The Kier molecular flexibility index (Phi) is 7.42. The number of rotatable bonds is 8. The van der Waals surface area contributed by atoms with Crippen molar-refractivity contribution in [2.24, 2.45) is 0 Å². The van der Waals surface area contributed by atoms with Crippen LogP contribution in [0, 0.1) is 0 Å². The van der Waals surface area contributed by atoms with Gasteiger partial charge in [-0.2, -0.15) is 0 Å². The smallest absolute Gasteiger partial charge is 0.408 e. The summed E-state index contributed by atoms with van der Waals surface area (Å²) in [5.74, 6) is -0.671. The van der Waals surface area contributed by atoms with Gasteiger partial charge in [0.05, 0.1) is 13.2 Å². The third-order valence-corrected chi connectivity index (χ3v) is 3.26. The lowest BCUT2D eigenvalue weighted by Gasteiger charge is -2.16. The van der Waals surface area contributed by atoms with Crippen molar-refractivity contribution in [2.75, 3.05) is 6.61 Å². The van der Waals surface area contributed by atoms with E-state index in [0.717, 1.165) is 11.1 Å². The lowest BCUT2D eigenvalue weighted by atomic mass is 10.2. The van der Waals surface area contributed by atoms with Crippen molar-refractivity contribution in [3.63, 3.8) is 0 Å². The molecule has 0 bridgehead atoms. The first kappa shape index (κ1) is 18.4. The summed E-state index contributed by atoms with van der Waals surface area (Å²) in [7, 11) is 0. The zero-order chi connectivity index (χ0) is 17.9. The van der Waals surface area contributed by atoms with Crippen LogP contribution in [0.4, 0.5) is 4.79 Å².